The molecule has 1 spiro atoms. The molecule has 1 N–H and O–H groups in total. The van der Waals surface area contributed by atoms with E-state index < -0.39 is 8.07 Å². The van der Waals surface area contributed by atoms with Crippen LogP contribution in [0.5, 0.6) is 0 Å². The topological polar surface area (TPSA) is 15.3 Å². The van der Waals surface area contributed by atoms with Gasteiger partial charge in [0.1, 0.15) is 0 Å². The Morgan fingerprint density at radius 3 is 2.04 bits per heavy atom. The van der Waals surface area contributed by atoms with Gasteiger partial charge in [-0.3, -0.25) is 0 Å². The summed E-state index contributed by atoms with van der Waals surface area (Å²) in [6.45, 7) is 2.26. The van der Waals surface area contributed by atoms with E-state index in [1.165, 1.54) is 97.7 Å². The van der Waals surface area contributed by atoms with E-state index in [4.69, 9.17) is 0 Å². The molecule has 2 nitrogen and oxygen atoms in total. The Bertz CT molecular complexity index is 2500. The summed E-state index contributed by atoms with van der Waals surface area (Å²) < 4.78 is 0. The lowest BCUT2D eigenvalue weighted by molar-refractivity contribution is 1.17. The summed E-state index contributed by atoms with van der Waals surface area (Å²) in [5.74, 6) is 0. The molecule has 0 radical (unpaired) electrons. The van der Waals surface area contributed by atoms with Crippen LogP contribution in [0.25, 0.3) is 22.3 Å². The van der Waals surface area contributed by atoms with Crippen molar-refractivity contribution in [1.82, 2.24) is 0 Å². The highest BCUT2D eigenvalue weighted by molar-refractivity contribution is 7.99. The number of fused-ring (bicyclic) bond motifs is 13. The van der Waals surface area contributed by atoms with Crippen LogP contribution in [0.2, 0.25) is 0 Å². The number of para-hydroxylation sites is 4. The number of hydrogen-bond acceptors (Lipinski definition) is 3. The second-order valence-electron chi connectivity index (χ2n) is 13.4. The van der Waals surface area contributed by atoms with Gasteiger partial charge in [0, 0.05) is 32.4 Å². The van der Waals surface area contributed by atoms with Crippen molar-refractivity contribution >= 4 is 87.2 Å². The first-order chi connectivity index (χ1) is 23.7. The second-order valence-corrected chi connectivity index (χ2v) is 18.1. The van der Waals surface area contributed by atoms with Crippen molar-refractivity contribution in [2.75, 3.05) is 10.2 Å². The Kier molecular flexibility index (Phi) is 5.39. The molecule has 0 bridgehead atoms. The minimum atomic E-state index is -2.62. The minimum absolute atomic E-state index is 0.905. The highest BCUT2D eigenvalue weighted by Crippen LogP contribution is 2.52. The average Bonchev–Trinajstić information content (AvgIpc) is 3.42. The molecule has 0 atom stereocenters. The number of aryl methyl sites for hydroxylation is 1. The maximum atomic E-state index is 4.04. The van der Waals surface area contributed by atoms with Gasteiger partial charge < -0.3 is 10.2 Å². The number of benzene rings is 7. The van der Waals surface area contributed by atoms with E-state index in [-0.39, 0.29) is 0 Å². The SMILES string of the molecule is Cc1cc(-c2cccc3c2Nc2ccccc2[Si]32c3ccccc3-c3ccccc32)c2c(c1)N1c3ccccc3Sc3cccc(c31)B2. The molecule has 5 heteroatoms. The molecule has 4 aliphatic rings. The number of anilines is 5. The van der Waals surface area contributed by atoms with Crippen molar-refractivity contribution in [3.63, 3.8) is 0 Å². The summed E-state index contributed by atoms with van der Waals surface area (Å²) in [6, 6.07) is 55.1. The standard InChI is InChI=1S/C43H29BN2SSi/c1-26-24-30(41-34(25-26)46-33-17-5-6-18-35(33)47-36-19-11-15-31(44-41)43(36)46)29-14-10-23-40-42(29)45-32-16-4-9-22-39(32)48(40)37-20-7-2-12-27(37)28-13-3-8-21-38(28)48/h2-25,44-45H,1H3. The molecular formula is C43H29BN2SSi. The monoisotopic (exact) mass is 644 g/mol. The van der Waals surface area contributed by atoms with E-state index >= 15 is 0 Å². The molecule has 0 unspecified atom stereocenters. The quantitative estimate of drug-likeness (QED) is 0.200. The third-order valence-corrected chi connectivity index (χ3v) is 17.0. The lowest BCUT2D eigenvalue weighted by Gasteiger charge is -2.41. The Hall–Kier alpha value is -5.23. The van der Waals surface area contributed by atoms with Crippen LogP contribution in [-0.2, 0) is 0 Å². The molecule has 0 aromatic heterocycles. The Morgan fingerprint density at radius 1 is 0.562 bits per heavy atom. The van der Waals surface area contributed by atoms with Gasteiger partial charge in [-0.15, -0.1) is 0 Å². The van der Waals surface area contributed by atoms with Gasteiger partial charge >= 0.3 is 0 Å². The van der Waals surface area contributed by atoms with Crippen LogP contribution >= 0.6 is 11.8 Å². The van der Waals surface area contributed by atoms with Crippen LogP contribution in [0.1, 0.15) is 5.56 Å². The van der Waals surface area contributed by atoms with Crippen molar-refractivity contribution in [2.24, 2.45) is 0 Å². The molecule has 7 aromatic carbocycles. The van der Waals surface area contributed by atoms with E-state index in [9.17, 15) is 0 Å². The van der Waals surface area contributed by atoms with Crippen LogP contribution in [0.4, 0.5) is 28.4 Å². The zero-order valence-electron chi connectivity index (χ0n) is 26.4. The molecule has 4 heterocycles. The van der Waals surface area contributed by atoms with Crippen LogP contribution in [0.3, 0.4) is 0 Å². The molecule has 7 aromatic rings. The van der Waals surface area contributed by atoms with Gasteiger partial charge in [-0.1, -0.05) is 132 Å². The first-order valence-electron chi connectivity index (χ1n) is 16.7. The zero-order chi connectivity index (χ0) is 31.6. The molecule has 4 aliphatic heterocycles. The zero-order valence-corrected chi connectivity index (χ0v) is 28.2. The van der Waals surface area contributed by atoms with Crippen LogP contribution in [0, 0.1) is 6.92 Å². The van der Waals surface area contributed by atoms with Crippen LogP contribution in [0.15, 0.2) is 155 Å². The van der Waals surface area contributed by atoms with Gasteiger partial charge in [-0.05, 0) is 85.7 Å². The summed E-state index contributed by atoms with van der Waals surface area (Å²) in [6.07, 6.45) is 0. The van der Waals surface area contributed by atoms with Gasteiger partial charge in [-0.25, -0.2) is 0 Å². The van der Waals surface area contributed by atoms with Crippen molar-refractivity contribution in [1.29, 1.82) is 0 Å². The minimum Gasteiger partial charge on any atom is -0.355 e. The highest BCUT2D eigenvalue weighted by atomic mass is 32.2. The summed E-state index contributed by atoms with van der Waals surface area (Å²) in [7, 11) is -1.71. The molecule has 0 aliphatic carbocycles. The molecular weight excluding hydrogens is 615 g/mol. The van der Waals surface area contributed by atoms with E-state index in [0.717, 1.165) is 7.28 Å². The number of hydrogen-bond donors (Lipinski definition) is 1. The van der Waals surface area contributed by atoms with Crippen molar-refractivity contribution in [3.05, 3.63) is 151 Å². The number of nitrogens with zero attached hydrogens (tertiary/aromatic N) is 1. The number of nitrogens with one attached hydrogen (secondary N) is 1. The molecule has 11 rings (SSSR count). The Morgan fingerprint density at radius 2 is 1.21 bits per heavy atom. The first-order valence-corrected chi connectivity index (χ1v) is 19.6. The van der Waals surface area contributed by atoms with E-state index in [1.54, 1.807) is 0 Å². The predicted molar refractivity (Wildman–Crippen MR) is 208 cm³/mol. The van der Waals surface area contributed by atoms with Gasteiger partial charge in [-0.2, -0.15) is 0 Å². The summed E-state index contributed by atoms with van der Waals surface area (Å²) in [5, 5.41) is 9.93. The summed E-state index contributed by atoms with van der Waals surface area (Å²) in [5.41, 5.74) is 15.8. The third kappa shape index (κ3) is 3.35. The normalized spacial score (nSPS) is 14.7. The second kappa shape index (κ2) is 9.66. The Labute approximate surface area is 286 Å². The van der Waals surface area contributed by atoms with Gasteiger partial charge in [0.05, 0.1) is 11.4 Å². The fourth-order valence-corrected chi connectivity index (χ4v) is 15.7. The lowest BCUT2D eigenvalue weighted by atomic mass is 9.58. The molecule has 0 saturated carbocycles. The number of rotatable bonds is 1. The van der Waals surface area contributed by atoms with Gasteiger partial charge in [0.25, 0.3) is 0 Å². The van der Waals surface area contributed by atoms with E-state index in [2.05, 4.69) is 163 Å². The molecule has 0 fully saturated rings. The van der Waals surface area contributed by atoms with E-state index in [0.29, 0.717) is 0 Å². The average molecular weight is 645 g/mol. The smallest absolute Gasteiger partial charge is 0.198 e. The van der Waals surface area contributed by atoms with Crippen molar-refractivity contribution < 1.29 is 0 Å². The Balaban J connectivity index is 1.21. The summed E-state index contributed by atoms with van der Waals surface area (Å²) >= 11 is 1.89. The van der Waals surface area contributed by atoms with Crippen molar-refractivity contribution in [3.8, 4) is 22.3 Å². The van der Waals surface area contributed by atoms with Crippen LogP contribution in [-0.4, -0.2) is 15.4 Å². The fraction of sp³-hybridized carbons (Fsp3) is 0.0233. The lowest BCUT2D eigenvalue weighted by Crippen LogP contribution is -2.74. The van der Waals surface area contributed by atoms with Crippen LogP contribution < -0.4 is 41.9 Å². The maximum Gasteiger partial charge on any atom is 0.198 e. The maximum absolute atomic E-state index is 4.04. The van der Waals surface area contributed by atoms with Crippen molar-refractivity contribution in [2.45, 2.75) is 16.7 Å². The summed E-state index contributed by atoms with van der Waals surface area (Å²) in [4.78, 5) is 5.19. The van der Waals surface area contributed by atoms with Gasteiger partial charge in [0.2, 0.25) is 0 Å². The molecule has 0 saturated heterocycles. The van der Waals surface area contributed by atoms with Gasteiger partial charge in [0.15, 0.2) is 15.4 Å². The molecule has 224 valence electrons. The molecule has 0 amide bonds. The highest BCUT2D eigenvalue weighted by Gasteiger charge is 2.52. The predicted octanol–water partition coefficient (Wildman–Crippen LogP) is 6.71. The first kappa shape index (κ1) is 26.8. The third-order valence-electron chi connectivity index (χ3n) is 10.9. The van der Waals surface area contributed by atoms with E-state index in [1.807, 2.05) is 11.8 Å². The largest absolute Gasteiger partial charge is 0.355 e. The fourth-order valence-electron chi connectivity index (χ4n) is 9.12. The molecule has 48 heavy (non-hydrogen) atoms.